The van der Waals surface area contributed by atoms with Gasteiger partial charge in [-0.3, -0.25) is 0 Å². The topological polar surface area (TPSA) is 0 Å². The standard InChI is InChI=1S/CCl3.ClH.Sn/c2-1(3)4;;/h;1H;/q;;+3/p-1. The van der Waals surface area contributed by atoms with E-state index < -0.39 is 21.8 Å². The molecular formula is CCl4Sn+2. The molecule has 0 aliphatic rings. The first-order valence-electron chi connectivity index (χ1n) is 1.01. The zero-order chi connectivity index (χ0) is 5.21. The maximum absolute atomic E-state index is 5.25. The first kappa shape index (κ1) is 7.96. The van der Waals surface area contributed by atoms with Crippen LogP contribution in [-0.4, -0.2) is 21.8 Å². The van der Waals surface area contributed by atoms with Crippen LogP contribution in [0.4, 0.5) is 0 Å². The summed E-state index contributed by atoms with van der Waals surface area (Å²) in [5.74, 6) is 0. The SMILES string of the molecule is [Cl][Sn+2][C](Cl)(Cl)Cl. The normalized spacial score (nSPS) is 10.7. The zero-order valence-corrected chi connectivity index (χ0v) is 8.39. The summed E-state index contributed by atoms with van der Waals surface area (Å²) in [6.07, 6.45) is 0. The molecule has 0 aliphatic heterocycles. The molecule has 0 bridgehead atoms. The van der Waals surface area contributed by atoms with E-state index >= 15 is 0 Å². The van der Waals surface area contributed by atoms with Crippen LogP contribution in [0.2, 0.25) is 0 Å². The van der Waals surface area contributed by atoms with Crippen molar-refractivity contribution in [1.29, 1.82) is 0 Å². The number of hydrogen-bond acceptors (Lipinski definition) is 0. The first-order chi connectivity index (χ1) is 2.56. The Morgan fingerprint density at radius 3 is 1.33 bits per heavy atom. The zero-order valence-electron chi connectivity index (χ0n) is 2.51. The van der Waals surface area contributed by atoms with Crippen molar-refractivity contribution in [1.82, 2.24) is 0 Å². The van der Waals surface area contributed by atoms with E-state index in [0.717, 1.165) is 0 Å². The molecule has 0 saturated heterocycles. The average Bonchev–Trinajstić information content (AvgIpc) is 1.35. The van der Waals surface area contributed by atoms with Crippen molar-refractivity contribution in [3.63, 3.8) is 0 Å². The predicted molar refractivity (Wildman–Crippen MR) is 31.9 cm³/mol. The Balaban J connectivity index is 3.17. The van der Waals surface area contributed by atoms with Gasteiger partial charge in [0.1, 0.15) is 0 Å². The second kappa shape index (κ2) is 3.08. The average molecular weight is 273 g/mol. The third kappa shape index (κ3) is 5.96. The second-order valence-electron chi connectivity index (χ2n) is 0.592. The number of hydrogen-bond donors (Lipinski definition) is 0. The van der Waals surface area contributed by atoms with E-state index in [2.05, 4.69) is 0 Å². The molecule has 0 aromatic carbocycles. The van der Waals surface area contributed by atoms with Gasteiger partial charge in [-0.25, -0.2) is 0 Å². The number of rotatable bonds is 0. The van der Waals surface area contributed by atoms with Gasteiger partial charge in [-0.1, -0.05) is 0 Å². The second-order valence-corrected chi connectivity index (χ2v) is 9.53. The van der Waals surface area contributed by atoms with Gasteiger partial charge >= 0.3 is 65.5 Å². The molecular weight excluding hydrogens is 273 g/mol. The van der Waals surface area contributed by atoms with Crippen LogP contribution in [0.3, 0.4) is 0 Å². The fourth-order valence-electron chi connectivity index (χ4n) is 0. The summed E-state index contributed by atoms with van der Waals surface area (Å²) in [7, 11) is 5.25. The molecule has 6 heavy (non-hydrogen) atoms. The Hall–Kier alpha value is 1.96. The van der Waals surface area contributed by atoms with Crippen LogP contribution in [-0.2, 0) is 0 Å². The van der Waals surface area contributed by atoms with E-state index in [1.165, 1.54) is 0 Å². The fourth-order valence-corrected chi connectivity index (χ4v) is 0. The Bertz CT molecular complexity index is 37.3. The third-order valence-corrected chi connectivity index (χ3v) is 6.47. The minimum atomic E-state index is -1.21. The number of halogens is 4. The molecule has 0 aromatic rings. The first-order valence-corrected chi connectivity index (χ1v) is 7.18. The van der Waals surface area contributed by atoms with Crippen LogP contribution in [0, 0.1) is 0 Å². The molecule has 0 heterocycles. The Kier molecular flexibility index (Phi) is 4.08. The quantitative estimate of drug-likeness (QED) is 0.468. The summed E-state index contributed by atoms with van der Waals surface area (Å²) in [6, 6.07) is 0. The molecule has 0 fully saturated rings. The van der Waals surface area contributed by atoms with Crippen molar-refractivity contribution in [2.45, 2.75) is 1.81 Å². The summed E-state index contributed by atoms with van der Waals surface area (Å²) < 4.78 is -1.11. The van der Waals surface area contributed by atoms with Crippen LogP contribution >= 0.6 is 43.7 Å². The molecule has 0 aliphatic carbocycles. The van der Waals surface area contributed by atoms with Crippen molar-refractivity contribution in [3.8, 4) is 0 Å². The van der Waals surface area contributed by atoms with Gasteiger partial charge in [-0.15, -0.1) is 0 Å². The summed E-state index contributed by atoms with van der Waals surface area (Å²) in [5.41, 5.74) is 0. The molecule has 0 amide bonds. The Morgan fingerprint density at radius 1 is 1.17 bits per heavy atom. The van der Waals surface area contributed by atoms with Gasteiger partial charge in [0, 0.05) is 0 Å². The summed E-state index contributed by atoms with van der Waals surface area (Å²) in [5, 5.41) is 0. The van der Waals surface area contributed by atoms with Crippen molar-refractivity contribution in [2.24, 2.45) is 0 Å². The molecule has 0 aromatic heterocycles. The van der Waals surface area contributed by atoms with Crippen molar-refractivity contribution < 1.29 is 0 Å². The molecule has 0 atom stereocenters. The van der Waals surface area contributed by atoms with Crippen molar-refractivity contribution in [3.05, 3.63) is 0 Å². The van der Waals surface area contributed by atoms with Gasteiger partial charge in [-0.05, 0) is 0 Å². The van der Waals surface area contributed by atoms with Gasteiger partial charge in [0.05, 0.1) is 0 Å². The maximum atomic E-state index is 5.25. The molecule has 0 nitrogen and oxygen atoms in total. The number of alkyl halides is 3. The molecule has 0 N–H and O–H groups in total. The summed E-state index contributed by atoms with van der Waals surface area (Å²) in [4.78, 5) is 0. The molecule has 0 rings (SSSR count). The van der Waals surface area contributed by atoms with E-state index in [9.17, 15) is 0 Å². The minimum absolute atomic E-state index is 1.11. The van der Waals surface area contributed by atoms with Crippen LogP contribution in [0.25, 0.3) is 0 Å². The van der Waals surface area contributed by atoms with Gasteiger partial charge < -0.3 is 0 Å². The van der Waals surface area contributed by atoms with Gasteiger partial charge in [0.2, 0.25) is 0 Å². The van der Waals surface area contributed by atoms with Gasteiger partial charge in [-0.2, -0.15) is 0 Å². The molecule has 0 unspecified atom stereocenters. The van der Waals surface area contributed by atoms with E-state index in [-0.39, 0.29) is 0 Å². The molecule has 34 valence electrons. The molecule has 5 heteroatoms. The van der Waals surface area contributed by atoms with Gasteiger partial charge in [0.25, 0.3) is 0 Å². The summed E-state index contributed by atoms with van der Waals surface area (Å²) in [6.45, 7) is 0. The third-order valence-electron chi connectivity index (χ3n) is 0.107. The van der Waals surface area contributed by atoms with Crippen LogP contribution in [0.1, 0.15) is 0 Å². The van der Waals surface area contributed by atoms with E-state index in [1.54, 1.807) is 0 Å². The van der Waals surface area contributed by atoms with Crippen LogP contribution < -0.4 is 0 Å². The van der Waals surface area contributed by atoms with Crippen LogP contribution in [0.5, 0.6) is 0 Å². The molecule has 0 saturated carbocycles. The van der Waals surface area contributed by atoms with Gasteiger partial charge in [0.15, 0.2) is 0 Å². The monoisotopic (exact) mass is 272 g/mol. The van der Waals surface area contributed by atoms with E-state index in [4.69, 9.17) is 43.7 Å². The van der Waals surface area contributed by atoms with Crippen molar-refractivity contribution >= 4 is 63.7 Å². The predicted octanol–water partition coefficient (Wildman–Crippen LogP) is 2.17. The van der Waals surface area contributed by atoms with Crippen molar-refractivity contribution in [2.75, 3.05) is 0 Å². The molecule has 0 radical (unpaired) electrons. The fraction of sp³-hybridized carbons (Fsp3) is 1.00. The summed E-state index contributed by atoms with van der Waals surface area (Å²) >= 11 is 14.4. The molecule has 0 spiro atoms. The van der Waals surface area contributed by atoms with E-state index in [1.807, 2.05) is 0 Å². The van der Waals surface area contributed by atoms with E-state index in [0.29, 0.717) is 0 Å². The van der Waals surface area contributed by atoms with Crippen LogP contribution in [0.15, 0.2) is 0 Å². The Morgan fingerprint density at radius 2 is 1.33 bits per heavy atom. The Labute approximate surface area is 65.0 Å².